The van der Waals surface area contributed by atoms with Gasteiger partial charge >= 0.3 is 0 Å². The smallest absolute Gasteiger partial charge is 0.271 e. The molecule has 1 aliphatic heterocycles. The lowest BCUT2D eigenvalue weighted by Crippen LogP contribution is -2.38. The second-order valence-corrected chi connectivity index (χ2v) is 12.0. The third-order valence-corrected chi connectivity index (χ3v) is 9.45. The van der Waals surface area contributed by atoms with Crippen LogP contribution in [0.2, 0.25) is 5.02 Å². The fourth-order valence-electron chi connectivity index (χ4n) is 6.16. The van der Waals surface area contributed by atoms with Crippen molar-refractivity contribution in [1.29, 1.82) is 0 Å². The minimum Gasteiger partial charge on any atom is -0.318 e. The quantitative estimate of drug-likeness (QED) is 0.242. The first kappa shape index (κ1) is 25.1. The maximum atomic E-state index is 14.2. The van der Waals surface area contributed by atoms with Crippen molar-refractivity contribution >= 4 is 34.7 Å². The molecule has 0 fully saturated rings. The van der Waals surface area contributed by atoms with Crippen molar-refractivity contribution < 1.29 is 0 Å². The van der Waals surface area contributed by atoms with E-state index in [1.807, 2.05) is 34.9 Å². The van der Waals surface area contributed by atoms with E-state index in [0.717, 1.165) is 57.9 Å². The zero-order valence-electron chi connectivity index (χ0n) is 22.6. The SMILES string of the molecule is Cc1ccc(-n2c(C)cc(/C=c3\sc4n(c3=O)[C@@H](c3ccccc3Cl)C3=C(N=4)c4ccccc4CC3)c2C)cc1. The Kier molecular flexibility index (Phi) is 6.02. The number of nitrogens with zero attached hydrogens (tertiary/aromatic N) is 3. The lowest BCUT2D eigenvalue weighted by molar-refractivity contribution is 0.585. The predicted molar refractivity (Wildman–Crippen MR) is 164 cm³/mol. The van der Waals surface area contributed by atoms with Gasteiger partial charge in [0.05, 0.1) is 16.3 Å². The van der Waals surface area contributed by atoms with E-state index in [1.165, 1.54) is 22.5 Å². The van der Waals surface area contributed by atoms with Crippen molar-refractivity contribution in [3.8, 4) is 5.69 Å². The van der Waals surface area contributed by atoms with Gasteiger partial charge < -0.3 is 4.57 Å². The van der Waals surface area contributed by atoms with Gasteiger partial charge in [0, 0.05) is 27.7 Å². The Labute approximate surface area is 241 Å². The molecule has 0 N–H and O–H groups in total. The average Bonchev–Trinajstić information content (AvgIpc) is 3.42. The molecular weight excluding hydrogens is 534 g/mol. The second kappa shape index (κ2) is 9.61. The highest BCUT2D eigenvalue weighted by Crippen LogP contribution is 2.42. The van der Waals surface area contributed by atoms with Crippen LogP contribution in [-0.2, 0) is 6.42 Å². The molecule has 198 valence electrons. The Balaban J connectivity index is 1.45. The first-order chi connectivity index (χ1) is 19.4. The Bertz CT molecular complexity index is 2020. The Morgan fingerprint density at radius 2 is 1.70 bits per heavy atom. The molecule has 6 heteroatoms. The van der Waals surface area contributed by atoms with E-state index in [2.05, 4.69) is 79.9 Å². The number of hydrogen-bond acceptors (Lipinski definition) is 3. The van der Waals surface area contributed by atoms with E-state index < -0.39 is 0 Å². The third kappa shape index (κ3) is 3.95. The summed E-state index contributed by atoms with van der Waals surface area (Å²) in [7, 11) is 0. The molecule has 0 unspecified atom stereocenters. The van der Waals surface area contributed by atoms with E-state index in [-0.39, 0.29) is 11.6 Å². The molecular formula is C34H28ClN3OS. The van der Waals surface area contributed by atoms with Crippen molar-refractivity contribution in [2.45, 2.75) is 39.7 Å². The summed E-state index contributed by atoms with van der Waals surface area (Å²) in [5, 5.41) is 0.663. The number of benzene rings is 3. The predicted octanol–water partition coefficient (Wildman–Crippen LogP) is 6.69. The highest BCUT2D eigenvalue weighted by Gasteiger charge is 2.33. The number of fused-ring (bicyclic) bond motifs is 3. The van der Waals surface area contributed by atoms with Crippen LogP contribution in [-0.4, -0.2) is 9.13 Å². The fourth-order valence-corrected chi connectivity index (χ4v) is 7.39. The highest BCUT2D eigenvalue weighted by molar-refractivity contribution is 7.07. The lowest BCUT2D eigenvalue weighted by Gasteiger charge is -2.31. The molecule has 1 atom stereocenters. The summed E-state index contributed by atoms with van der Waals surface area (Å²) in [6.45, 7) is 6.31. The first-order valence-electron chi connectivity index (χ1n) is 13.5. The minimum atomic E-state index is -0.282. The topological polar surface area (TPSA) is 39.3 Å². The van der Waals surface area contributed by atoms with E-state index >= 15 is 0 Å². The summed E-state index contributed by atoms with van der Waals surface area (Å²) in [4.78, 5) is 20.0. The number of hydrogen-bond donors (Lipinski definition) is 0. The van der Waals surface area contributed by atoms with Crippen molar-refractivity contribution in [3.63, 3.8) is 0 Å². The number of rotatable bonds is 3. The van der Waals surface area contributed by atoms with Crippen LogP contribution >= 0.6 is 22.9 Å². The Hall–Kier alpha value is -3.93. The maximum Gasteiger partial charge on any atom is 0.271 e. The Morgan fingerprint density at radius 1 is 0.950 bits per heavy atom. The average molecular weight is 562 g/mol. The molecule has 0 spiro atoms. The van der Waals surface area contributed by atoms with Gasteiger partial charge in [0.2, 0.25) is 0 Å². The highest BCUT2D eigenvalue weighted by atomic mass is 35.5. The normalized spacial score (nSPS) is 16.4. The van der Waals surface area contributed by atoms with Crippen molar-refractivity contribution in [2.75, 3.05) is 0 Å². The van der Waals surface area contributed by atoms with Crippen molar-refractivity contribution in [1.82, 2.24) is 9.13 Å². The number of aryl methyl sites for hydroxylation is 3. The van der Waals surface area contributed by atoms with Crippen LogP contribution < -0.4 is 14.9 Å². The summed E-state index contributed by atoms with van der Waals surface area (Å²) in [6.07, 6.45) is 3.78. The van der Waals surface area contributed by atoms with Crippen LogP contribution in [0.1, 0.15) is 51.7 Å². The van der Waals surface area contributed by atoms with Gasteiger partial charge in [0.15, 0.2) is 4.80 Å². The summed E-state index contributed by atoms with van der Waals surface area (Å²) in [5.41, 5.74) is 11.1. The van der Waals surface area contributed by atoms with Crippen molar-refractivity contribution in [3.05, 3.63) is 148 Å². The van der Waals surface area contributed by atoms with Gasteiger partial charge in [-0.1, -0.05) is 83.1 Å². The summed E-state index contributed by atoms with van der Waals surface area (Å²) in [5.74, 6) is 0. The molecule has 3 aromatic carbocycles. The zero-order valence-corrected chi connectivity index (χ0v) is 24.2. The second-order valence-electron chi connectivity index (χ2n) is 10.6. The van der Waals surface area contributed by atoms with E-state index in [4.69, 9.17) is 16.6 Å². The van der Waals surface area contributed by atoms with Crippen LogP contribution in [0, 0.1) is 20.8 Å². The van der Waals surface area contributed by atoms with Gasteiger partial charge in [-0.3, -0.25) is 9.36 Å². The molecule has 0 bridgehead atoms. The van der Waals surface area contributed by atoms with Crippen LogP contribution in [0.5, 0.6) is 0 Å². The van der Waals surface area contributed by atoms with Gasteiger partial charge in [-0.25, -0.2) is 4.99 Å². The molecule has 40 heavy (non-hydrogen) atoms. The van der Waals surface area contributed by atoms with Crippen LogP contribution in [0.25, 0.3) is 17.5 Å². The summed E-state index contributed by atoms with van der Waals surface area (Å²) < 4.78 is 4.78. The molecule has 3 heterocycles. The molecule has 2 aliphatic rings. The first-order valence-corrected chi connectivity index (χ1v) is 14.7. The third-order valence-electron chi connectivity index (χ3n) is 8.12. The van der Waals surface area contributed by atoms with E-state index in [0.29, 0.717) is 14.4 Å². The molecule has 1 aliphatic carbocycles. The molecule has 0 saturated heterocycles. The zero-order chi connectivity index (χ0) is 27.5. The fraction of sp³-hybridized carbons (Fsp3) is 0.176. The van der Waals surface area contributed by atoms with E-state index in [9.17, 15) is 4.79 Å². The number of thiazole rings is 1. The van der Waals surface area contributed by atoms with Crippen LogP contribution in [0.15, 0.2) is 94.2 Å². The van der Waals surface area contributed by atoms with Crippen molar-refractivity contribution in [2.24, 2.45) is 4.99 Å². The summed E-state index contributed by atoms with van der Waals surface area (Å²) >= 11 is 8.23. The molecule has 7 rings (SSSR count). The van der Waals surface area contributed by atoms with Crippen LogP contribution in [0.4, 0.5) is 0 Å². The van der Waals surface area contributed by atoms with Gasteiger partial charge in [0.25, 0.3) is 5.56 Å². The molecule has 5 aromatic rings. The molecule has 0 saturated carbocycles. The van der Waals surface area contributed by atoms with Gasteiger partial charge in [-0.2, -0.15) is 0 Å². The number of halogens is 1. The molecule has 4 nitrogen and oxygen atoms in total. The monoisotopic (exact) mass is 561 g/mol. The minimum absolute atomic E-state index is 0.0285. The summed E-state index contributed by atoms with van der Waals surface area (Å²) in [6, 6.07) is 26.7. The van der Waals surface area contributed by atoms with E-state index in [1.54, 1.807) is 0 Å². The Morgan fingerprint density at radius 3 is 2.50 bits per heavy atom. The lowest BCUT2D eigenvalue weighted by atomic mass is 9.83. The number of aromatic nitrogens is 2. The largest absolute Gasteiger partial charge is 0.318 e. The molecule has 0 amide bonds. The van der Waals surface area contributed by atoms with Gasteiger partial charge in [0.1, 0.15) is 0 Å². The standard InChI is InChI=1S/C34H28ClN3OS/c1-20-12-15-25(16-13-20)37-21(2)18-24(22(37)3)19-30-33(39)38-32(27-10-6-7-11-29(27)35)28-17-14-23-8-4-5-9-26(23)31(28)36-34(38)40-30/h4-13,15-16,18-19,32H,14,17H2,1-3H3/b30-19-/t32-/m0/s1. The van der Waals surface area contributed by atoms with Gasteiger partial charge in [-0.05, 0) is 86.2 Å². The number of allylic oxidation sites excluding steroid dienone is 1. The molecule has 0 radical (unpaired) electrons. The molecule has 2 aromatic heterocycles. The van der Waals surface area contributed by atoms with Crippen LogP contribution in [0.3, 0.4) is 0 Å². The van der Waals surface area contributed by atoms with Gasteiger partial charge in [-0.15, -0.1) is 0 Å². The maximum absolute atomic E-state index is 14.2.